The number of hydrogen-bond donors (Lipinski definition) is 0. The van der Waals surface area contributed by atoms with Crippen molar-refractivity contribution in [2.45, 2.75) is 12.8 Å². The van der Waals surface area contributed by atoms with E-state index in [0.29, 0.717) is 6.61 Å². The summed E-state index contributed by atoms with van der Waals surface area (Å²) in [5.74, 6) is 1.86. The molecule has 2 heterocycles. The topological polar surface area (TPSA) is 31.4 Å². The molecule has 0 amide bonds. The molecule has 3 rings (SSSR count). The zero-order valence-electron chi connectivity index (χ0n) is 10.1. The molecule has 0 saturated heterocycles. The van der Waals surface area contributed by atoms with Crippen LogP contribution in [-0.4, -0.2) is 18.2 Å². The van der Waals surface area contributed by atoms with Gasteiger partial charge in [-0.2, -0.15) is 0 Å². The number of nitrogens with zero attached hydrogens (tertiary/aromatic N) is 1. The molecule has 92 valence electrons. The van der Waals surface area contributed by atoms with Gasteiger partial charge in [-0.1, -0.05) is 12.1 Å². The quantitative estimate of drug-likeness (QED) is 0.824. The van der Waals surface area contributed by atoms with Gasteiger partial charge >= 0.3 is 0 Å². The van der Waals surface area contributed by atoms with Crippen molar-refractivity contribution in [3.63, 3.8) is 0 Å². The van der Waals surface area contributed by atoms with E-state index in [0.717, 1.165) is 30.9 Å². The molecular formula is C15H15NO2. The molecule has 18 heavy (non-hydrogen) atoms. The summed E-state index contributed by atoms with van der Waals surface area (Å²) in [4.78, 5) is 4.02. The first-order valence-corrected chi connectivity index (χ1v) is 6.19. The maximum absolute atomic E-state index is 5.64. The van der Waals surface area contributed by atoms with E-state index in [9.17, 15) is 0 Å². The van der Waals surface area contributed by atoms with Gasteiger partial charge in [-0.3, -0.25) is 4.98 Å². The van der Waals surface area contributed by atoms with Gasteiger partial charge in [0, 0.05) is 19.0 Å². The lowest BCUT2D eigenvalue weighted by atomic mass is 10.1. The fourth-order valence-corrected chi connectivity index (χ4v) is 2.11. The molecule has 3 heteroatoms. The van der Waals surface area contributed by atoms with E-state index < -0.39 is 0 Å². The van der Waals surface area contributed by atoms with Gasteiger partial charge in [-0.05, 0) is 29.3 Å². The SMILES string of the molecule is c1cncc(OCCc2ccc3c(c2)CCO3)c1. The van der Waals surface area contributed by atoms with Crippen molar-refractivity contribution < 1.29 is 9.47 Å². The number of rotatable bonds is 4. The molecule has 0 atom stereocenters. The largest absolute Gasteiger partial charge is 0.493 e. The maximum Gasteiger partial charge on any atom is 0.137 e. The van der Waals surface area contributed by atoms with Crippen molar-refractivity contribution in [1.29, 1.82) is 0 Å². The zero-order chi connectivity index (χ0) is 12.2. The van der Waals surface area contributed by atoms with Gasteiger partial charge < -0.3 is 9.47 Å². The van der Waals surface area contributed by atoms with Crippen molar-refractivity contribution in [3.05, 3.63) is 53.9 Å². The fraction of sp³-hybridized carbons (Fsp3) is 0.267. The monoisotopic (exact) mass is 241 g/mol. The molecule has 3 nitrogen and oxygen atoms in total. The highest BCUT2D eigenvalue weighted by Crippen LogP contribution is 2.26. The highest BCUT2D eigenvalue weighted by Gasteiger charge is 2.11. The number of pyridine rings is 1. The Morgan fingerprint density at radius 3 is 3.17 bits per heavy atom. The molecule has 1 aromatic heterocycles. The lowest BCUT2D eigenvalue weighted by Crippen LogP contribution is -2.01. The Bertz CT molecular complexity index is 525. The molecule has 1 aromatic carbocycles. The van der Waals surface area contributed by atoms with Gasteiger partial charge in [0.1, 0.15) is 11.5 Å². The standard InChI is InChI=1S/C15H15NO2/c1-2-14(11-16-7-1)17-8-5-12-3-4-15-13(10-12)6-9-18-15/h1-4,7,10-11H,5-6,8-9H2. The minimum Gasteiger partial charge on any atom is -0.493 e. The summed E-state index contributed by atoms with van der Waals surface area (Å²) in [6, 6.07) is 10.2. The third-order valence-corrected chi connectivity index (χ3v) is 3.05. The Morgan fingerprint density at radius 2 is 2.28 bits per heavy atom. The molecule has 1 aliphatic heterocycles. The Balaban J connectivity index is 1.57. The predicted molar refractivity (Wildman–Crippen MR) is 69.1 cm³/mol. The summed E-state index contributed by atoms with van der Waals surface area (Å²) in [6.07, 6.45) is 5.40. The third kappa shape index (κ3) is 2.45. The van der Waals surface area contributed by atoms with Crippen molar-refractivity contribution >= 4 is 0 Å². The average molecular weight is 241 g/mol. The van der Waals surface area contributed by atoms with E-state index in [1.54, 1.807) is 12.4 Å². The predicted octanol–water partition coefficient (Wildman–Crippen LogP) is 2.64. The molecule has 0 radical (unpaired) electrons. The molecule has 0 spiro atoms. The van der Waals surface area contributed by atoms with Crippen LogP contribution in [0.4, 0.5) is 0 Å². The number of ether oxygens (including phenoxy) is 2. The summed E-state index contributed by atoms with van der Waals surface area (Å²) in [7, 11) is 0. The maximum atomic E-state index is 5.64. The molecular weight excluding hydrogens is 226 g/mol. The third-order valence-electron chi connectivity index (χ3n) is 3.05. The second-order valence-corrected chi connectivity index (χ2v) is 4.33. The van der Waals surface area contributed by atoms with Crippen LogP contribution in [0.5, 0.6) is 11.5 Å². The van der Waals surface area contributed by atoms with Crippen LogP contribution in [-0.2, 0) is 12.8 Å². The first-order chi connectivity index (χ1) is 8.92. The van der Waals surface area contributed by atoms with Gasteiger partial charge in [0.2, 0.25) is 0 Å². The summed E-state index contributed by atoms with van der Waals surface area (Å²) >= 11 is 0. The first-order valence-electron chi connectivity index (χ1n) is 6.19. The van der Waals surface area contributed by atoms with Gasteiger partial charge in [0.05, 0.1) is 19.4 Å². The minimum absolute atomic E-state index is 0.672. The highest BCUT2D eigenvalue weighted by atomic mass is 16.5. The van der Waals surface area contributed by atoms with Gasteiger partial charge in [-0.15, -0.1) is 0 Å². The van der Waals surface area contributed by atoms with E-state index >= 15 is 0 Å². The lowest BCUT2D eigenvalue weighted by Gasteiger charge is -2.06. The van der Waals surface area contributed by atoms with Crippen LogP contribution in [0.15, 0.2) is 42.7 Å². The summed E-state index contributed by atoms with van der Waals surface area (Å²) in [6.45, 7) is 1.48. The van der Waals surface area contributed by atoms with Gasteiger partial charge in [0.15, 0.2) is 0 Å². The molecule has 0 saturated carbocycles. The van der Waals surface area contributed by atoms with Crippen molar-refractivity contribution in [3.8, 4) is 11.5 Å². The van der Waals surface area contributed by atoms with Crippen LogP contribution < -0.4 is 9.47 Å². The Kier molecular flexibility index (Phi) is 3.13. The molecule has 0 fully saturated rings. The highest BCUT2D eigenvalue weighted by molar-refractivity contribution is 5.39. The molecule has 0 N–H and O–H groups in total. The minimum atomic E-state index is 0.672. The summed E-state index contributed by atoms with van der Waals surface area (Å²) in [5, 5.41) is 0. The molecule has 2 aromatic rings. The van der Waals surface area contributed by atoms with Crippen LogP contribution in [0.1, 0.15) is 11.1 Å². The summed E-state index contributed by atoms with van der Waals surface area (Å²) in [5.41, 5.74) is 2.61. The fourth-order valence-electron chi connectivity index (χ4n) is 2.11. The molecule has 0 aliphatic carbocycles. The number of hydrogen-bond acceptors (Lipinski definition) is 3. The first kappa shape index (κ1) is 11.1. The number of benzene rings is 1. The molecule has 0 bridgehead atoms. The van der Waals surface area contributed by atoms with E-state index in [1.807, 2.05) is 12.1 Å². The van der Waals surface area contributed by atoms with Crippen molar-refractivity contribution in [1.82, 2.24) is 4.98 Å². The van der Waals surface area contributed by atoms with Gasteiger partial charge in [-0.25, -0.2) is 0 Å². The average Bonchev–Trinajstić information content (AvgIpc) is 2.87. The smallest absolute Gasteiger partial charge is 0.137 e. The molecule has 0 unspecified atom stereocenters. The van der Waals surface area contributed by atoms with Crippen LogP contribution >= 0.6 is 0 Å². The Labute approximate surface area is 106 Å². The number of aromatic nitrogens is 1. The van der Waals surface area contributed by atoms with Gasteiger partial charge in [0.25, 0.3) is 0 Å². The van der Waals surface area contributed by atoms with Crippen LogP contribution in [0.2, 0.25) is 0 Å². The van der Waals surface area contributed by atoms with E-state index in [-0.39, 0.29) is 0 Å². The second-order valence-electron chi connectivity index (χ2n) is 4.33. The molecule has 1 aliphatic rings. The van der Waals surface area contributed by atoms with Crippen molar-refractivity contribution in [2.75, 3.05) is 13.2 Å². The zero-order valence-corrected chi connectivity index (χ0v) is 10.1. The van der Waals surface area contributed by atoms with Crippen LogP contribution in [0.25, 0.3) is 0 Å². The second kappa shape index (κ2) is 5.08. The normalized spacial score (nSPS) is 12.9. The Hall–Kier alpha value is -2.03. The van der Waals surface area contributed by atoms with Crippen LogP contribution in [0, 0.1) is 0 Å². The lowest BCUT2D eigenvalue weighted by molar-refractivity contribution is 0.320. The number of fused-ring (bicyclic) bond motifs is 1. The van der Waals surface area contributed by atoms with E-state index in [1.165, 1.54) is 11.1 Å². The Morgan fingerprint density at radius 1 is 1.28 bits per heavy atom. The van der Waals surface area contributed by atoms with E-state index in [2.05, 4.69) is 23.2 Å². The van der Waals surface area contributed by atoms with E-state index in [4.69, 9.17) is 9.47 Å². The van der Waals surface area contributed by atoms with Crippen LogP contribution in [0.3, 0.4) is 0 Å². The summed E-state index contributed by atoms with van der Waals surface area (Å²) < 4.78 is 11.1. The van der Waals surface area contributed by atoms with Crippen molar-refractivity contribution in [2.24, 2.45) is 0 Å².